The fourth-order valence-corrected chi connectivity index (χ4v) is 2.16. The van der Waals surface area contributed by atoms with Crippen molar-refractivity contribution in [1.29, 1.82) is 0 Å². The highest BCUT2D eigenvalue weighted by Gasteiger charge is 2.09. The minimum Gasteiger partial charge on any atom is -0.483 e. The maximum absolute atomic E-state index is 11.8. The van der Waals surface area contributed by atoms with Crippen LogP contribution in [-0.4, -0.2) is 28.6 Å². The van der Waals surface area contributed by atoms with Gasteiger partial charge >= 0.3 is 5.69 Å². The van der Waals surface area contributed by atoms with Crippen molar-refractivity contribution in [2.45, 2.75) is 26.3 Å². The summed E-state index contributed by atoms with van der Waals surface area (Å²) < 4.78 is 7.03. The van der Waals surface area contributed by atoms with Crippen LogP contribution >= 0.6 is 0 Å². The lowest BCUT2D eigenvalue weighted by Crippen LogP contribution is -2.34. The van der Waals surface area contributed by atoms with Gasteiger partial charge in [-0.3, -0.25) is 9.36 Å². The highest BCUT2D eigenvalue weighted by Crippen LogP contribution is 2.25. The lowest BCUT2D eigenvalue weighted by Gasteiger charge is -2.13. The second-order valence-electron chi connectivity index (χ2n) is 5.43. The largest absolute Gasteiger partial charge is 0.483 e. The lowest BCUT2D eigenvalue weighted by atomic mass is 10.0. The van der Waals surface area contributed by atoms with Gasteiger partial charge in [-0.05, 0) is 23.6 Å². The van der Waals surface area contributed by atoms with Crippen molar-refractivity contribution in [2.24, 2.45) is 0 Å². The first-order chi connectivity index (χ1) is 11.1. The second kappa shape index (κ2) is 8.12. The Morgan fingerprint density at radius 2 is 2.09 bits per heavy atom. The van der Waals surface area contributed by atoms with E-state index >= 15 is 0 Å². The molecule has 0 aliphatic carbocycles. The molecule has 6 heteroatoms. The number of aromatic nitrogens is 2. The molecule has 0 aliphatic rings. The van der Waals surface area contributed by atoms with E-state index in [1.54, 1.807) is 12.3 Å². The molecule has 0 unspecified atom stereocenters. The van der Waals surface area contributed by atoms with Gasteiger partial charge in [0, 0.05) is 25.5 Å². The molecule has 0 fully saturated rings. The average Bonchev–Trinajstić information content (AvgIpc) is 2.55. The summed E-state index contributed by atoms with van der Waals surface area (Å²) in [6, 6.07) is 9.36. The molecule has 1 aromatic heterocycles. The number of benzene rings is 1. The maximum atomic E-state index is 11.8. The van der Waals surface area contributed by atoms with E-state index in [0.717, 1.165) is 11.3 Å². The van der Waals surface area contributed by atoms with Gasteiger partial charge < -0.3 is 10.1 Å². The zero-order valence-corrected chi connectivity index (χ0v) is 13.4. The van der Waals surface area contributed by atoms with E-state index in [-0.39, 0.29) is 18.2 Å². The Hall–Kier alpha value is -2.63. The van der Waals surface area contributed by atoms with Crippen LogP contribution in [0.1, 0.15) is 25.3 Å². The first kappa shape index (κ1) is 16.7. The van der Waals surface area contributed by atoms with E-state index in [9.17, 15) is 9.59 Å². The third-order valence-corrected chi connectivity index (χ3v) is 3.36. The van der Waals surface area contributed by atoms with Crippen molar-refractivity contribution in [3.05, 3.63) is 58.8 Å². The molecule has 1 heterocycles. The summed E-state index contributed by atoms with van der Waals surface area (Å²) >= 11 is 0. The van der Waals surface area contributed by atoms with Gasteiger partial charge in [-0.2, -0.15) is 0 Å². The second-order valence-corrected chi connectivity index (χ2v) is 5.43. The summed E-state index contributed by atoms with van der Waals surface area (Å²) in [4.78, 5) is 26.9. The maximum Gasteiger partial charge on any atom is 0.347 e. The van der Waals surface area contributed by atoms with Crippen molar-refractivity contribution in [2.75, 3.05) is 13.2 Å². The van der Waals surface area contributed by atoms with Crippen LogP contribution in [0.3, 0.4) is 0 Å². The monoisotopic (exact) mass is 315 g/mol. The topological polar surface area (TPSA) is 73.2 Å². The van der Waals surface area contributed by atoms with Crippen LogP contribution in [0.2, 0.25) is 0 Å². The lowest BCUT2D eigenvalue weighted by molar-refractivity contribution is -0.123. The Balaban J connectivity index is 1.80. The van der Waals surface area contributed by atoms with E-state index in [0.29, 0.717) is 19.0 Å². The molecule has 6 nitrogen and oxygen atoms in total. The van der Waals surface area contributed by atoms with Crippen molar-refractivity contribution in [3.8, 4) is 5.75 Å². The van der Waals surface area contributed by atoms with Gasteiger partial charge in [0.15, 0.2) is 6.61 Å². The molecule has 1 N–H and O–H groups in total. The number of carbonyl (C=O) groups excluding carboxylic acids is 1. The van der Waals surface area contributed by atoms with E-state index < -0.39 is 0 Å². The molecule has 0 bridgehead atoms. The van der Waals surface area contributed by atoms with Crippen LogP contribution in [-0.2, 0) is 11.3 Å². The van der Waals surface area contributed by atoms with Crippen molar-refractivity contribution < 1.29 is 9.53 Å². The first-order valence-electron chi connectivity index (χ1n) is 7.58. The highest BCUT2D eigenvalue weighted by molar-refractivity contribution is 5.77. The van der Waals surface area contributed by atoms with Gasteiger partial charge in [-0.1, -0.05) is 32.0 Å². The number of ether oxygens (including phenoxy) is 1. The van der Waals surface area contributed by atoms with Gasteiger partial charge in [0.05, 0.1) is 0 Å². The molecule has 0 aliphatic heterocycles. The molecule has 1 aromatic carbocycles. The molecule has 0 radical (unpaired) electrons. The molecule has 23 heavy (non-hydrogen) atoms. The summed E-state index contributed by atoms with van der Waals surface area (Å²) in [5, 5.41) is 2.73. The number of hydrogen-bond donors (Lipinski definition) is 1. The number of para-hydroxylation sites is 1. The standard InChI is InChI=1S/C17H21N3O3/c1-13(2)14-6-3-4-7-15(14)23-12-16(21)18-9-11-20-10-5-8-19-17(20)22/h3-8,10,13H,9,11-12H2,1-2H3,(H,18,21). The van der Waals surface area contributed by atoms with Gasteiger partial charge in [0.2, 0.25) is 0 Å². The van der Waals surface area contributed by atoms with Crippen LogP contribution in [0.4, 0.5) is 0 Å². The molecule has 0 spiro atoms. The summed E-state index contributed by atoms with van der Waals surface area (Å²) in [6.45, 7) is 4.83. The predicted molar refractivity (Wildman–Crippen MR) is 87.5 cm³/mol. The molecule has 122 valence electrons. The van der Waals surface area contributed by atoms with E-state index in [1.165, 1.54) is 10.8 Å². The fraction of sp³-hybridized carbons (Fsp3) is 0.353. The summed E-state index contributed by atoms with van der Waals surface area (Å²) in [6.07, 6.45) is 3.08. The zero-order chi connectivity index (χ0) is 16.7. The van der Waals surface area contributed by atoms with Crippen LogP contribution in [0.15, 0.2) is 47.5 Å². The van der Waals surface area contributed by atoms with Crippen LogP contribution in [0, 0.1) is 0 Å². The fourth-order valence-electron chi connectivity index (χ4n) is 2.16. The third kappa shape index (κ3) is 4.95. The van der Waals surface area contributed by atoms with Gasteiger partial charge in [0.1, 0.15) is 5.75 Å². The van der Waals surface area contributed by atoms with Crippen LogP contribution in [0.25, 0.3) is 0 Å². The van der Waals surface area contributed by atoms with Crippen LogP contribution in [0.5, 0.6) is 5.75 Å². The third-order valence-electron chi connectivity index (χ3n) is 3.36. The Bertz CT molecular complexity index is 710. The van der Waals surface area contributed by atoms with E-state index in [4.69, 9.17) is 4.74 Å². The van der Waals surface area contributed by atoms with Gasteiger partial charge in [-0.25, -0.2) is 9.78 Å². The minimum atomic E-state index is -0.330. The first-order valence-corrected chi connectivity index (χ1v) is 7.58. The number of amides is 1. The molecule has 0 saturated heterocycles. The minimum absolute atomic E-state index is 0.0499. The van der Waals surface area contributed by atoms with Crippen LogP contribution < -0.4 is 15.7 Å². The molecule has 1 amide bonds. The summed E-state index contributed by atoms with van der Waals surface area (Å²) in [5.74, 6) is 0.827. The Labute approximate surface area is 135 Å². The molecule has 0 atom stereocenters. The van der Waals surface area contributed by atoms with Crippen molar-refractivity contribution in [1.82, 2.24) is 14.9 Å². The molecular weight excluding hydrogens is 294 g/mol. The SMILES string of the molecule is CC(C)c1ccccc1OCC(=O)NCCn1cccnc1=O. The Morgan fingerprint density at radius 3 is 2.83 bits per heavy atom. The molecular formula is C17H21N3O3. The molecule has 2 rings (SSSR count). The smallest absolute Gasteiger partial charge is 0.347 e. The summed E-state index contributed by atoms with van der Waals surface area (Å²) in [7, 11) is 0. The number of carbonyl (C=O) groups is 1. The van der Waals surface area contributed by atoms with Gasteiger partial charge in [-0.15, -0.1) is 0 Å². The number of hydrogen-bond acceptors (Lipinski definition) is 4. The number of nitrogens with zero attached hydrogens (tertiary/aromatic N) is 2. The zero-order valence-electron chi connectivity index (χ0n) is 13.4. The Kier molecular flexibility index (Phi) is 5.91. The normalized spacial score (nSPS) is 10.6. The quantitative estimate of drug-likeness (QED) is 0.841. The van der Waals surface area contributed by atoms with E-state index in [1.807, 2.05) is 24.3 Å². The Morgan fingerprint density at radius 1 is 1.30 bits per heavy atom. The number of nitrogens with one attached hydrogen (secondary N) is 1. The van der Waals surface area contributed by atoms with Gasteiger partial charge in [0.25, 0.3) is 5.91 Å². The predicted octanol–water partition coefficient (Wildman–Crippen LogP) is 1.56. The van der Waals surface area contributed by atoms with Crippen molar-refractivity contribution >= 4 is 5.91 Å². The summed E-state index contributed by atoms with van der Waals surface area (Å²) in [5.41, 5.74) is 0.742. The average molecular weight is 315 g/mol. The molecule has 0 saturated carbocycles. The van der Waals surface area contributed by atoms with Crippen molar-refractivity contribution in [3.63, 3.8) is 0 Å². The highest BCUT2D eigenvalue weighted by atomic mass is 16.5. The number of rotatable bonds is 7. The van der Waals surface area contributed by atoms with E-state index in [2.05, 4.69) is 24.1 Å². The molecule has 2 aromatic rings.